The van der Waals surface area contributed by atoms with Crippen LogP contribution in [0.5, 0.6) is 0 Å². The molecule has 0 spiro atoms. The van der Waals surface area contributed by atoms with Crippen LogP contribution >= 0.6 is 0 Å². The van der Waals surface area contributed by atoms with Crippen molar-refractivity contribution >= 4 is 0 Å². The molecule has 1 saturated carbocycles. The molecule has 1 aromatic rings. The molecule has 0 aliphatic heterocycles. The lowest BCUT2D eigenvalue weighted by Gasteiger charge is -2.27. The molecule has 1 aliphatic carbocycles. The van der Waals surface area contributed by atoms with Crippen molar-refractivity contribution in [1.29, 1.82) is 0 Å². The zero-order valence-corrected chi connectivity index (χ0v) is 7.69. The van der Waals surface area contributed by atoms with Crippen molar-refractivity contribution in [2.75, 3.05) is 0 Å². The summed E-state index contributed by atoms with van der Waals surface area (Å²) in [5, 5.41) is 9.79. The Morgan fingerprint density at radius 3 is 2.85 bits per heavy atom. The normalized spacial score (nSPS) is 28.7. The van der Waals surface area contributed by atoms with Crippen LogP contribution in [0, 0.1) is 0 Å². The maximum absolute atomic E-state index is 9.79. The van der Waals surface area contributed by atoms with Crippen LogP contribution in [0.15, 0.2) is 24.5 Å². The summed E-state index contributed by atoms with van der Waals surface area (Å²) in [4.78, 5) is 4.08. The summed E-state index contributed by atoms with van der Waals surface area (Å²) in [6.07, 6.45) is 7.94. The van der Waals surface area contributed by atoms with Crippen LogP contribution in [0.25, 0.3) is 0 Å². The predicted octanol–water partition coefficient (Wildman–Crippen LogP) is 2.10. The summed E-state index contributed by atoms with van der Waals surface area (Å²) in [6, 6.07) is 4.00. The standard InChI is InChI=1S/C11H15NO/c13-11-6-2-1-5-10(11)9-4-3-7-12-8-9/h3-4,7-8,10-11,13H,1-2,5-6H2/t10-,11-/m1/s1. The molecule has 0 unspecified atom stereocenters. The lowest BCUT2D eigenvalue weighted by molar-refractivity contribution is 0.106. The fraction of sp³-hybridized carbons (Fsp3) is 0.545. The van der Waals surface area contributed by atoms with E-state index in [1.54, 1.807) is 6.20 Å². The first-order valence-corrected chi connectivity index (χ1v) is 4.96. The molecule has 0 bridgehead atoms. The lowest BCUT2D eigenvalue weighted by atomic mass is 9.82. The van der Waals surface area contributed by atoms with E-state index in [2.05, 4.69) is 11.1 Å². The smallest absolute Gasteiger partial charge is 0.0609 e. The van der Waals surface area contributed by atoms with Crippen LogP contribution in [0.1, 0.15) is 37.2 Å². The van der Waals surface area contributed by atoms with Crippen molar-refractivity contribution < 1.29 is 5.11 Å². The third kappa shape index (κ3) is 1.89. The van der Waals surface area contributed by atoms with Gasteiger partial charge >= 0.3 is 0 Å². The number of nitrogens with zero attached hydrogens (tertiary/aromatic N) is 1. The molecule has 1 heterocycles. The van der Waals surface area contributed by atoms with Crippen LogP contribution in [0.3, 0.4) is 0 Å². The molecule has 2 nitrogen and oxygen atoms in total. The Bertz CT molecular complexity index is 260. The molecule has 0 amide bonds. The summed E-state index contributed by atoms with van der Waals surface area (Å²) in [5.41, 5.74) is 1.19. The fourth-order valence-corrected chi connectivity index (χ4v) is 2.10. The van der Waals surface area contributed by atoms with Gasteiger partial charge in [0.15, 0.2) is 0 Å². The highest BCUT2D eigenvalue weighted by Gasteiger charge is 2.24. The van der Waals surface area contributed by atoms with Crippen molar-refractivity contribution in [3.05, 3.63) is 30.1 Å². The van der Waals surface area contributed by atoms with Crippen LogP contribution in [0.2, 0.25) is 0 Å². The Balaban J connectivity index is 2.15. The van der Waals surface area contributed by atoms with Crippen LogP contribution in [0.4, 0.5) is 0 Å². The molecule has 2 rings (SSSR count). The van der Waals surface area contributed by atoms with E-state index in [0.29, 0.717) is 5.92 Å². The van der Waals surface area contributed by atoms with Gasteiger partial charge in [-0.25, -0.2) is 0 Å². The van der Waals surface area contributed by atoms with Gasteiger partial charge in [-0.15, -0.1) is 0 Å². The largest absolute Gasteiger partial charge is 0.392 e. The molecule has 70 valence electrons. The number of hydrogen-bond donors (Lipinski definition) is 1. The molecule has 2 atom stereocenters. The maximum Gasteiger partial charge on any atom is 0.0609 e. The average Bonchev–Trinajstić information content (AvgIpc) is 2.20. The zero-order valence-electron chi connectivity index (χ0n) is 7.69. The van der Waals surface area contributed by atoms with E-state index >= 15 is 0 Å². The van der Waals surface area contributed by atoms with Crippen LogP contribution < -0.4 is 0 Å². The summed E-state index contributed by atoms with van der Waals surface area (Å²) in [7, 11) is 0. The van der Waals surface area contributed by atoms with E-state index in [-0.39, 0.29) is 6.10 Å². The van der Waals surface area contributed by atoms with Gasteiger partial charge in [-0.3, -0.25) is 4.98 Å². The fourth-order valence-electron chi connectivity index (χ4n) is 2.10. The Hall–Kier alpha value is -0.890. The topological polar surface area (TPSA) is 33.1 Å². The average molecular weight is 177 g/mol. The highest BCUT2D eigenvalue weighted by Crippen LogP contribution is 2.32. The molecule has 1 aliphatic rings. The lowest BCUT2D eigenvalue weighted by Crippen LogP contribution is -2.22. The van der Waals surface area contributed by atoms with Gasteiger partial charge in [-0.05, 0) is 24.5 Å². The van der Waals surface area contributed by atoms with E-state index in [1.165, 1.54) is 12.0 Å². The minimum Gasteiger partial charge on any atom is -0.392 e. The number of hydrogen-bond acceptors (Lipinski definition) is 2. The van der Waals surface area contributed by atoms with E-state index in [1.807, 2.05) is 12.3 Å². The van der Waals surface area contributed by atoms with Gasteiger partial charge in [-0.2, -0.15) is 0 Å². The first-order chi connectivity index (χ1) is 6.38. The number of aliphatic hydroxyl groups is 1. The van der Waals surface area contributed by atoms with Crippen LogP contribution in [-0.2, 0) is 0 Å². The number of aromatic nitrogens is 1. The molecule has 2 heteroatoms. The third-order valence-corrected chi connectivity index (χ3v) is 2.84. The second kappa shape index (κ2) is 3.88. The van der Waals surface area contributed by atoms with Gasteiger partial charge in [-0.1, -0.05) is 18.9 Å². The van der Waals surface area contributed by atoms with Crippen molar-refractivity contribution in [3.63, 3.8) is 0 Å². The Morgan fingerprint density at radius 2 is 2.15 bits per heavy atom. The number of pyridine rings is 1. The quantitative estimate of drug-likeness (QED) is 0.712. The summed E-state index contributed by atoms with van der Waals surface area (Å²) >= 11 is 0. The third-order valence-electron chi connectivity index (χ3n) is 2.84. The van der Waals surface area contributed by atoms with E-state index in [4.69, 9.17) is 0 Å². The van der Waals surface area contributed by atoms with Crippen LogP contribution in [-0.4, -0.2) is 16.2 Å². The Kier molecular flexibility index (Phi) is 2.60. The minimum atomic E-state index is -0.155. The zero-order chi connectivity index (χ0) is 9.10. The van der Waals surface area contributed by atoms with Crippen molar-refractivity contribution in [2.24, 2.45) is 0 Å². The van der Waals surface area contributed by atoms with E-state index in [9.17, 15) is 5.11 Å². The van der Waals surface area contributed by atoms with Crippen molar-refractivity contribution in [2.45, 2.75) is 37.7 Å². The Labute approximate surface area is 78.6 Å². The van der Waals surface area contributed by atoms with Gasteiger partial charge in [0.1, 0.15) is 0 Å². The molecule has 0 saturated heterocycles. The SMILES string of the molecule is O[C@@H]1CCCC[C@@H]1c1cccnc1. The highest BCUT2D eigenvalue weighted by atomic mass is 16.3. The monoisotopic (exact) mass is 177 g/mol. The first-order valence-electron chi connectivity index (χ1n) is 4.96. The first kappa shape index (κ1) is 8.70. The minimum absolute atomic E-state index is 0.155. The summed E-state index contributed by atoms with van der Waals surface area (Å²) in [5.74, 6) is 0.322. The van der Waals surface area contributed by atoms with Gasteiger partial charge in [0.25, 0.3) is 0 Å². The number of aliphatic hydroxyl groups excluding tert-OH is 1. The summed E-state index contributed by atoms with van der Waals surface area (Å²) < 4.78 is 0. The van der Waals surface area contributed by atoms with E-state index in [0.717, 1.165) is 19.3 Å². The summed E-state index contributed by atoms with van der Waals surface area (Å²) in [6.45, 7) is 0. The molecule has 0 radical (unpaired) electrons. The van der Waals surface area contributed by atoms with Crippen molar-refractivity contribution in [3.8, 4) is 0 Å². The highest BCUT2D eigenvalue weighted by molar-refractivity contribution is 5.16. The predicted molar refractivity (Wildman–Crippen MR) is 51.5 cm³/mol. The van der Waals surface area contributed by atoms with Gasteiger partial charge in [0.2, 0.25) is 0 Å². The maximum atomic E-state index is 9.79. The molecular weight excluding hydrogens is 162 g/mol. The second-order valence-electron chi connectivity index (χ2n) is 3.74. The molecular formula is C11H15NO. The van der Waals surface area contributed by atoms with E-state index < -0.39 is 0 Å². The molecule has 13 heavy (non-hydrogen) atoms. The van der Waals surface area contributed by atoms with Crippen molar-refractivity contribution in [1.82, 2.24) is 4.98 Å². The molecule has 1 N–H and O–H groups in total. The second-order valence-corrected chi connectivity index (χ2v) is 3.74. The Morgan fingerprint density at radius 1 is 1.31 bits per heavy atom. The molecule has 1 fully saturated rings. The number of rotatable bonds is 1. The molecule has 0 aromatic carbocycles. The van der Waals surface area contributed by atoms with Gasteiger partial charge in [0.05, 0.1) is 6.10 Å². The van der Waals surface area contributed by atoms with Gasteiger partial charge < -0.3 is 5.11 Å². The van der Waals surface area contributed by atoms with Gasteiger partial charge in [0, 0.05) is 18.3 Å². The molecule has 1 aromatic heterocycles.